The van der Waals surface area contributed by atoms with E-state index in [1.165, 1.54) is 32.1 Å². The Morgan fingerprint density at radius 1 is 1.00 bits per heavy atom. The van der Waals surface area contributed by atoms with Gasteiger partial charge in [0.2, 0.25) is 0 Å². The minimum Gasteiger partial charge on any atom is -0.384 e. The molecular weight excluding hydrogens is 358 g/mol. The number of unbranched alkanes of at least 4 members (excludes halogenated alkanes) is 6. The molecule has 0 atom stereocenters. The number of nitriles is 2. The molecule has 6 nitrogen and oxygen atoms in total. The minimum absolute atomic E-state index is 0.263. The van der Waals surface area contributed by atoms with Crippen molar-refractivity contribution < 1.29 is 4.74 Å². The fraction of sp³-hybridized carbons (Fsp3) is 0.650. The number of ether oxygens (including phenoxy) is 1. The summed E-state index contributed by atoms with van der Waals surface area (Å²) in [6, 6.07) is 4.17. The highest BCUT2D eigenvalue weighted by Gasteiger charge is 2.13. The third-order valence-corrected chi connectivity index (χ3v) is 4.75. The van der Waals surface area contributed by atoms with Crippen LogP contribution >= 0.6 is 12.2 Å². The van der Waals surface area contributed by atoms with Gasteiger partial charge in [0.25, 0.3) is 0 Å². The van der Waals surface area contributed by atoms with E-state index in [2.05, 4.69) is 29.4 Å². The van der Waals surface area contributed by atoms with E-state index in [4.69, 9.17) is 22.7 Å². The number of morpholine rings is 1. The maximum absolute atomic E-state index is 9.22. The van der Waals surface area contributed by atoms with Crippen molar-refractivity contribution in [1.29, 1.82) is 10.5 Å². The average Bonchev–Trinajstić information content (AvgIpc) is 2.69. The smallest absolute Gasteiger partial charge is 0.123 e. The number of nitrogens with one attached hydrogen (secondary N) is 2. The summed E-state index contributed by atoms with van der Waals surface area (Å²) >= 11 is 5.12. The van der Waals surface area contributed by atoms with Crippen LogP contribution in [0.4, 0.5) is 5.82 Å². The van der Waals surface area contributed by atoms with E-state index in [-0.39, 0.29) is 5.82 Å². The zero-order valence-electron chi connectivity index (χ0n) is 16.3. The summed E-state index contributed by atoms with van der Waals surface area (Å²) in [7, 11) is 0. The van der Waals surface area contributed by atoms with Gasteiger partial charge < -0.3 is 20.8 Å². The highest BCUT2D eigenvalue weighted by molar-refractivity contribution is 7.71. The van der Waals surface area contributed by atoms with Gasteiger partial charge in [0, 0.05) is 13.1 Å². The van der Waals surface area contributed by atoms with E-state index in [9.17, 15) is 10.5 Å². The molecule has 0 amide bonds. The standard InChI is InChI=1S/C16H22N4S.C4H9NO/c1-2-3-4-5-6-7-8-9-12-13(10-17)15(19)20-16(21)14(12)11-18;1-3-6-4-2-5-1/h2-9H2,1H3,(H3,19,20,21);5H,1-4H2. The number of nitrogens with zero attached hydrogens (tertiary/aromatic N) is 2. The maximum atomic E-state index is 9.22. The summed E-state index contributed by atoms with van der Waals surface area (Å²) < 4.78 is 5.33. The number of pyridine rings is 1. The Morgan fingerprint density at radius 3 is 2.07 bits per heavy atom. The molecule has 4 N–H and O–H groups in total. The number of hydrogen-bond acceptors (Lipinski definition) is 6. The quantitative estimate of drug-likeness (QED) is 0.458. The number of nitrogen functional groups attached to an aromatic ring is 1. The first-order chi connectivity index (χ1) is 13.2. The van der Waals surface area contributed by atoms with Crippen molar-refractivity contribution in [2.45, 2.75) is 58.3 Å². The van der Waals surface area contributed by atoms with Crippen LogP contribution in [0.5, 0.6) is 0 Å². The van der Waals surface area contributed by atoms with E-state index < -0.39 is 0 Å². The molecule has 1 saturated heterocycles. The summed E-state index contributed by atoms with van der Waals surface area (Å²) in [5, 5.41) is 21.6. The van der Waals surface area contributed by atoms with Crippen molar-refractivity contribution in [1.82, 2.24) is 10.3 Å². The highest BCUT2D eigenvalue weighted by atomic mass is 32.1. The van der Waals surface area contributed by atoms with Crippen LogP contribution in [0.25, 0.3) is 0 Å². The summed E-state index contributed by atoms with van der Waals surface area (Å²) in [5.74, 6) is 0.263. The fourth-order valence-corrected chi connectivity index (χ4v) is 3.22. The van der Waals surface area contributed by atoms with Gasteiger partial charge in [-0.15, -0.1) is 0 Å². The SMILES string of the molecule is C1COCCN1.CCCCCCCCCc1c(C#N)c(N)[nH]c(=S)c1C#N. The van der Waals surface area contributed by atoms with E-state index in [0.717, 1.165) is 39.1 Å². The van der Waals surface area contributed by atoms with Crippen LogP contribution in [0, 0.1) is 27.3 Å². The number of aromatic nitrogens is 1. The zero-order chi connectivity index (χ0) is 19.9. The number of aromatic amines is 1. The van der Waals surface area contributed by atoms with Gasteiger partial charge in [-0.3, -0.25) is 0 Å². The number of nitrogens with two attached hydrogens (primary N) is 1. The van der Waals surface area contributed by atoms with Crippen LogP contribution in [0.15, 0.2) is 0 Å². The molecule has 2 rings (SSSR count). The van der Waals surface area contributed by atoms with Crippen LogP contribution in [0.3, 0.4) is 0 Å². The lowest BCUT2D eigenvalue weighted by molar-refractivity contribution is 0.109. The van der Waals surface area contributed by atoms with E-state index >= 15 is 0 Å². The van der Waals surface area contributed by atoms with E-state index in [0.29, 0.717) is 27.8 Å². The van der Waals surface area contributed by atoms with Crippen LogP contribution in [-0.2, 0) is 11.2 Å². The molecule has 0 unspecified atom stereocenters. The predicted octanol–water partition coefficient (Wildman–Crippen LogP) is 3.97. The summed E-state index contributed by atoms with van der Waals surface area (Å²) in [5.41, 5.74) is 7.25. The van der Waals surface area contributed by atoms with Crippen LogP contribution in [0.1, 0.15) is 68.6 Å². The van der Waals surface area contributed by atoms with Gasteiger partial charge >= 0.3 is 0 Å². The molecule has 0 bridgehead atoms. The zero-order valence-corrected chi connectivity index (χ0v) is 17.1. The normalized spacial score (nSPS) is 13.1. The molecule has 1 aliphatic rings. The number of anilines is 1. The van der Waals surface area contributed by atoms with Gasteiger partial charge in [-0.1, -0.05) is 57.7 Å². The first kappa shape index (κ1) is 23.1. The van der Waals surface area contributed by atoms with Gasteiger partial charge in [-0.25, -0.2) is 0 Å². The van der Waals surface area contributed by atoms with Crippen molar-refractivity contribution in [3.05, 3.63) is 21.3 Å². The van der Waals surface area contributed by atoms with Crippen LogP contribution < -0.4 is 11.1 Å². The summed E-state index contributed by atoms with van der Waals surface area (Å²) in [6.45, 7) is 6.04. The second-order valence-corrected chi connectivity index (χ2v) is 6.96. The van der Waals surface area contributed by atoms with Gasteiger partial charge in [-0.05, 0) is 18.4 Å². The first-order valence-electron chi connectivity index (χ1n) is 9.79. The van der Waals surface area contributed by atoms with Gasteiger partial charge in [-0.2, -0.15) is 10.5 Å². The molecule has 0 radical (unpaired) electrons. The lowest BCUT2D eigenvalue weighted by Crippen LogP contribution is -2.30. The molecule has 2 heterocycles. The Hall–Kier alpha value is -1.93. The number of rotatable bonds is 8. The highest BCUT2D eigenvalue weighted by Crippen LogP contribution is 2.22. The molecule has 0 saturated carbocycles. The molecular formula is C20H31N5OS. The van der Waals surface area contributed by atoms with E-state index in [1.807, 2.05) is 0 Å². The molecule has 27 heavy (non-hydrogen) atoms. The molecule has 0 aliphatic carbocycles. The Bertz CT molecular complexity index is 687. The predicted molar refractivity (Wildman–Crippen MR) is 111 cm³/mol. The van der Waals surface area contributed by atoms with Crippen LogP contribution in [0.2, 0.25) is 0 Å². The Labute approximate surface area is 167 Å². The largest absolute Gasteiger partial charge is 0.384 e. The molecule has 1 aromatic heterocycles. The fourth-order valence-electron chi connectivity index (χ4n) is 2.94. The van der Waals surface area contributed by atoms with Crippen molar-refractivity contribution in [2.75, 3.05) is 32.0 Å². The van der Waals surface area contributed by atoms with Crippen molar-refractivity contribution in [3.63, 3.8) is 0 Å². The molecule has 7 heteroatoms. The Balaban J connectivity index is 0.000000511. The van der Waals surface area contributed by atoms with Crippen molar-refractivity contribution in [3.8, 4) is 12.1 Å². The van der Waals surface area contributed by atoms with Crippen molar-refractivity contribution in [2.24, 2.45) is 0 Å². The number of H-pyrrole nitrogens is 1. The Kier molecular flexibility index (Phi) is 12.1. The minimum atomic E-state index is 0.263. The lowest BCUT2D eigenvalue weighted by atomic mass is 9.98. The van der Waals surface area contributed by atoms with Crippen molar-refractivity contribution >= 4 is 18.0 Å². The number of hydrogen-bond donors (Lipinski definition) is 3. The second kappa shape index (κ2) is 14.2. The van der Waals surface area contributed by atoms with Crippen LogP contribution in [-0.4, -0.2) is 31.3 Å². The maximum Gasteiger partial charge on any atom is 0.123 e. The molecule has 1 aliphatic heterocycles. The first-order valence-corrected chi connectivity index (χ1v) is 10.2. The summed E-state index contributed by atoms with van der Waals surface area (Å²) in [6.07, 6.45) is 9.01. The molecule has 0 aromatic carbocycles. The average molecular weight is 390 g/mol. The molecule has 1 aromatic rings. The second-order valence-electron chi connectivity index (χ2n) is 6.55. The lowest BCUT2D eigenvalue weighted by Gasteiger charge is -2.10. The topological polar surface area (TPSA) is 111 Å². The van der Waals surface area contributed by atoms with E-state index in [1.54, 1.807) is 0 Å². The van der Waals surface area contributed by atoms with Gasteiger partial charge in [0.1, 0.15) is 22.6 Å². The third kappa shape index (κ3) is 8.53. The Morgan fingerprint density at radius 2 is 1.59 bits per heavy atom. The van der Waals surface area contributed by atoms with Gasteiger partial charge in [0.05, 0.1) is 24.3 Å². The van der Waals surface area contributed by atoms with Gasteiger partial charge in [0.15, 0.2) is 0 Å². The monoisotopic (exact) mass is 389 g/mol. The molecule has 1 fully saturated rings. The third-order valence-electron chi connectivity index (χ3n) is 4.45. The summed E-state index contributed by atoms with van der Waals surface area (Å²) in [4.78, 5) is 2.72. The molecule has 0 spiro atoms. The molecule has 148 valence electrons.